The van der Waals surface area contributed by atoms with Crippen LogP contribution in [-0.4, -0.2) is 20.1 Å². The standard InChI is InChI=1S/C18H21NO2/c1-13-5-10-17(14(2)11-13)19(3)12-15-6-8-16(9-7-15)18(20)21-4/h5-11H,12H2,1-4H3. The Kier molecular flexibility index (Phi) is 4.63. The van der Waals surface area contributed by atoms with Gasteiger partial charge in [-0.2, -0.15) is 0 Å². The maximum absolute atomic E-state index is 11.4. The van der Waals surface area contributed by atoms with Crippen molar-refractivity contribution in [2.24, 2.45) is 0 Å². The Bertz CT molecular complexity index is 632. The van der Waals surface area contributed by atoms with Crippen LogP contribution in [0.3, 0.4) is 0 Å². The lowest BCUT2D eigenvalue weighted by Gasteiger charge is -2.22. The summed E-state index contributed by atoms with van der Waals surface area (Å²) < 4.78 is 4.70. The van der Waals surface area contributed by atoms with Crippen molar-refractivity contribution in [2.75, 3.05) is 19.1 Å². The quantitative estimate of drug-likeness (QED) is 0.801. The molecule has 0 aliphatic rings. The van der Waals surface area contributed by atoms with Gasteiger partial charge in [0.25, 0.3) is 0 Å². The van der Waals surface area contributed by atoms with E-state index in [1.165, 1.54) is 23.9 Å². The number of ether oxygens (including phenoxy) is 1. The number of nitrogens with zero attached hydrogens (tertiary/aromatic N) is 1. The number of anilines is 1. The summed E-state index contributed by atoms with van der Waals surface area (Å²) in [5.41, 5.74) is 5.49. The smallest absolute Gasteiger partial charge is 0.337 e. The van der Waals surface area contributed by atoms with E-state index in [0.717, 1.165) is 12.1 Å². The highest BCUT2D eigenvalue weighted by Crippen LogP contribution is 2.21. The van der Waals surface area contributed by atoms with Crippen LogP contribution in [-0.2, 0) is 11.3 Å². The summed E-state index contributed by atoms with van der Waals surface area (Å²) >= 11 is 0. The Labute approximate surface area is 126 Å². The molecule has 0 heterocycles. The van der Waals surface area contributed by atoms with Crippen LogP contribution in [0.5, 0.6) is 0 Å². The number of carbonyl (C=O) groups excluding carboxylic acids is 1. The fraction of sp³-hybridized carbons (Fsp3) is 0.278. The predicted octanol–water partition coefficient (Wildman–Crippen LogP) is 3.73. The fourth-order valence-corrected chi connectivity index (χ4v) is 2.46. The van der Waals surface area contributed by atoms with Crippen LogP contribution in [0.4, 0.5) is 5.69 Å². The number of benzene rings is 2. The minimum atomic E-state index is -0.302. The average Bonchev–Trinajstić information content (AvgIpc) is 2.47. The minimum Gasteiger partial charge on any atom is -0.465 e. The number of aryl methyl sites for hydroxylation is 2. The summed E-state index contributed by atoms with van der Waals surface area (Å²) in [6.45, 7) is 5.02. The molecule has 2 rings (SSSR count). The van der Waals surface area contributed by atoms with E-state index >= 15 is 0 Å². The first-order valence-corrected chi connectivity index (χ1v) is 6.97. The molecule has 0 atom stereocenters. The molecule has 110 valence electrons. The van der Waals surface area contributed by atoms with Crippen molar-refractivity contribution in [1.29, 1.82) is 0 Å². The van der Waals surface area contributed by atoms with Gasteiger partial charge >= 0.3 is 5.97 Å². The van der Waals surface area contributed by atoms with E-state index in [9.17, 15) is 4.79 Å². The molecular formula is C18H21NO2. The summed E-state index contributed by atoms with van der Waals surface area (Å²) in [5, 5.41) is 0. The molecule has 0 aromatic heterocycles. The molecule has 0 amide bonds. The third kappa shape index (κ3) is 3.63. The molecule has 0 aliphatic heterocycles. The lowest BCUT2D eigenvalue weighted by Crippen LogP contribution is -2.17. The van der Waals surface area contributed by atoms with Crippen molar-refractivity contribution in [3.63, 3.8) is 0 Å². The topological polar surface area (TPSA) is 29.5 Å². The molecule has 0 bridgehead atoms. The zero-order valence-electron chi connectivity index (χ0n) is 13.0. The molecule has 2 aromatic carbocycles. The van der Waals surface area contributed by atoms with Gasteiger partial charge in [-0.05, 0) is 43.2 Å². The van der Waals surface area contributed by atoms with Gasteiger partial charge in [-0.3, -0.25) is 0 Å². The number of hydrogen-bond donors (Lipinski definition) is 0. The fourth-order valence-electron chi connectivity index (χ4n) is 2.46. The highest BCUT2D eigenvalue weighted by Gasteiger charge is 2.08. The van der Waals surface area contributed by atoms with E-state index in [-0.39, 0.29) is 5.97 Å². The monoisotopic (exact) mass is 283 g/mol. The van der Waals surface area contributed by atoms with Crippen LogP contribution in [0.1, 0.15) is 27.0 Å². The molecule has 0 fully saturated rings. The van der Waals surface area contributed by atoms with Gasteiger partial charge in [0.05, 0.1) is 12.7 Å². The molecule has 0 saturated carbocycles. The third-order valence-electron chi connectivity index (χ3n) is 3.56. The van der Waals surface area contributed by atoms with Crippen molar-refractivity contribution in [3.05, 3.63) is 64.7 Å². The van der Waals surface area contributed by atoms with Crippen LogP contribution in [0.2, 0.25) is 0 Å². The first kappa shape index (κ1) is 15.1. The highest BCUT2D eigenvalue weighted by molar-refractivity contribution is 5.89. The van der Waals surface area contributed by atoms with Gasteiger partial charge in [0.15, 0.2) is 0 Å². The SMILES string of the molecule is COC(=O)c1ccc(CN(C)c2ccc(C)cc2C)cc1. The highest BCUT2D eigenvalue weighted by atomic mass is 16.5. The van der Waals surface area contributed by atoms with Gasteiger partial charge in [-0.25, -0.2) is 4.79 Å². The van der Waals surface area contributed by atoms with Crippen molar-refractivity contribution < 1.29 is 9.53 Å². The number of rotatable bonds is 4. The molecular weight excluding hydrogens is 262 g/mol. The normalized spacial score (nSPS) is 10.3. The van der Waals surface area contributed by atoms with Gasteiger partial charge < -0.3 is 9.64 Å². The van der Waals surface area contributed by atoms with E-state index in [1.807, 2.05) is 12.1 Å². The molecule has 0 aliphatic carbocycles. The zero-order chi connectivity index (χ0) is 15.4. The first-order valence-electron chi connectivity index (χ1n) is 6.97. The van der Waals surface area contributed by atoms with Gasteiger partial charge in [0.2, 0.25) is 0 Å². The zero-order valence-corrected chi connectivity index (χ0v) is 13.0. The lowest BCUT2D eigenvalue weighted by atomic mass is 10.1. The van der Waals surface area contributed by atoms with E-state index in [0.29, 0.717) is 5.56 Å². The summed E-state index contributed by atoms with van der Waals surface area (Å²) in [4.78, 5) is 13.6. The summed E-state index contributed by atoms with van der Waals surface area (Å²) in [6.07, 6.45) is 0. The van der Waals surface area contributed by atoms with Gasteiger partial charge in [-0.15, -0.1) is 0 Å². The molecule has 21 heavy (non-hydrogen) atoms. The summed E-state index contributed by atoms with van der Waals surface area (Å²) in [5.74, 6) is -0.302. The first-order chi connectivity index (χ1) is 10.0. The molecule has 0 unspecified atom stereocenters. The summed E-state index contributed by atoms with van der Waals surface area (Å²) in [7, 11) is 3.47. The molecule has 0 saturated heterocycles. The molecule has 0 spiro atoms. The van der Waals surface area contributed by atoms with Crippen LogP contribution < -0.4 is 4.90 Å². The average molecular weight is 283 g/mol. The summed E-state index contributed by atoms with van der Waals surface area (Å²) in [6, 6.07) is 14.0. The van der Waals surface area contributed by atoms with Crippen molar-refractivity contribution in [1.82, 2.24) is 0 Å². The van der Waals surface area contributed by atoms with E-state index in [2.05, 4.69) is 44.0 Å². The Balaban J connectivity index is 2.12. The van der Waals surface area contributed by atoms with Crippen molar-refractivity contribution >= 4 is 11.7 Å². The van der Waals surface area contributed by atoms with E-state index in [1.54, 1.807) is 12.1 Å². The van der Waals surface area contributed by atoms with Crippen molar-refractivity contribution in [2.45, 2.75) is 20.4 Å². The molecule has 2 aromatic rings. The second-order valence-corrected chi connectivity index (χ2v) is 5.33. The van der Waals surface area contributed by atoms with Crippen LogP contribution in [0, 0.1) is 13.8 Å². The second kappa shape index (κ2) is 6.44. The second-order valence-electron chi connectivity index (χ2n) is 5.33. The molecule has 3 nitrogen and oxygen atoms in total. The van der Waals surface area contributed by atoms with E-state index < -0.39 is 0 Å². The Morgan fingerprint density at radius 1 is 1.10 bits per heavy atom. The number of methoxy groups -OCH3 is 1. The Morgan fingerprint density at radius 3 is 2.33 bits per heavy atom. The largest absolute Gasteiger partial charge is 0.465 e. The number of esters is 1. The van der Waals surface area contributed by atoms with Crippen LogP contribution in [0.15, 0.2) is 42.5 Å². The van der Waals surface area contributed by atoms with Gasteiger partial charge in [0.1, 0.15) is 0 Å². The Morgan fingerprint density at radius 2 is 1.76 bits per heavy atom. The molecule has 0 N–H and O–H groups in total. The van der Waals surface area contributed by atoms with Crippen LogP contribution in [0.25, 0.3) is 0 Å². The Hall–Kier alpha value is -2.29. The molecule has 3 heteroatoms. The predicted molar refractivity (Wildman–Crippen MR) is 85.8 cm³/mol. The van der Waals surface area contributed by atoms with E-state index in [4.69, 9.17) is 4.74 Å². The maximum atomic E-state index is 11.4. The maximum Gasteiger partial charge on any atom is 0.337 e. The van der Waals surface area contributed by atoms with Gasteiger partial charge in [0, 0.05) is 19.3 Å². The third-order valence-corrected chi connectivity index (χ3v) is 3.56. The lowest BCUT2D eigenvalue weighted by molar-refractivity contribution is 0.0600. The van der Waals surface area contributed by atoms with Crippen LogP contribution >= 0.6 is 0 Å². The van der Waals surface area contributed by atoms with Crippen molar-refractivity contribution in [3.8, 4) is 0 Å². The number of carbonyl (C=O) groups is 1. The number of hydrogen-bond acceptors (Lipinski definition) is 3. The van der Waals surface area contributed by atoms with Gasteiger partial charge in [-0.1, -0.05) is 29.8 Å². The minimum absolute atomic E-state index is 0.302. The molecule has 0 radical (unpaired) electrons.